The Bertz CT molecular complexity index is 192. The molecule has 0 bridgehead atoms. The molecule has 0 aliphatic heterocycles. The lowest BCUT2D eigenvalue weighted by Gasteiger charge is -2.51. The lowest BCUT2D eigenvalue weighted by Crippen LogP contribution is -2.75. The van der Waals surface area contributed by atoms with Gasteiger partial charge in [-0.05, 0) is 34.6 Å². The maximum atomic E-state index is 5.63. The van der Waals surface area contributed by atoms with E-state index in [2.05, 4.69) is 16.7 Å². The summed E-state index contributed by atoms with van der Waals surface area (Å²) in [6.07, 6.45) is 0.856. The van der Waals surface area contributed by atoms with E-state index in [1.54, 1.807) is 21.3 Å². The van der Waals surface area contributed by atoms with Crippen LogP contribution in [0.3, 0.4) is 0 Å². The maximum Gasteiger partial charge on any atom is 0.537 e. The number of nitrogens with zero attached hydrogens (tertiary/aromatic N) is 2. The van der Waals surface area contributed by atoms with Gasteiger partial charge < -0.3 is 13.3 Å². The van der Waals surface area contributed by atoms with Crippen LogP contribution in [0, 0.1) is 0 Å². The molecule has 98 valence electrons. The van der Waals surface area contributed by atoms with Crippen molar-refractivity contribution in [3.05, 3.63) is 0 Å². The van der Waals surface area contributed by atoms with Gasteiger partial charge in [-0.2, -0.15) is 0 Å². The molecule has 0 amide bonds. The highest BCUT2D eigenvalue weighted by molar-refractivity contribution is 6.64. The van der Waals surface area contributed by atoms with Gasteiger partial charge in [0.25, 0.3) is 0 Å². The predicted molar refractivity (Wildman–Crippen MR) is 67.2 cm³/mol. The van der Waals surface area contributed by atoms with Gasteiger partial charge in [-0.1, -0.05) is 6.92 Å². The molecule has 0 atom stereocenters. The SMILES string of the molecule is CCC(N(C)C)(N(C)C)[Si](OC)(OC)OC. The molecule has 0 saturated carbocycles. The van der Waals surface area contributed by atoms with Crippen LogP contribution in [0.25, 0.3) is 0 Å². The minimum Gasteiger partial charge on any atom is -0.375 e. The van der Waals surface area contributed by atoms with E-state index in [9.17, 15) is 0 Å². The molecule has 0 unspecified atom stereocenters. The monoisotopic (exact) mass is 250 g/mol. The molecule has 0 aromatic heterocycles. The van der Waals surface area contributed by atoms with Gasteiger partial charge in [-0.3, -0.25) is 9.80 Å². The van der Waals surface area contributed by atoms with Crippen molar-refractivity contribution in [2.75, 3.05) is 49.5 Å². The van der Waals surface area contributed by atoms with Crippen molar-refractivity contribution in [2.45, 2.75) is 18.6 Å². The molecule has 16 heavy (non-hydrogen) atoms. The van der Waals surface area contributed by atoms with Crippen molar-refractivity contribution in [2.24, 2.45) is 0 Å². The van der Waals surface area contributed by atoms with Crippen LogP contribution < -0.4 is 0 Å². The summed E-state index contributed by atoms with van der Waals surface area (Å²) < 4.78 is 16.9. The second-order valence-electron chi connectivity index (χ2n) is 4.13. The van der Waals surface area contributed by atoms with Crippen molar-refractivity contribution in [1.29, 1.82) is 0 Å². The van der Waals surface area contributed by atoms with E-state index in [0.717, 1.165) is 6.42 Å². The van der Waals surface area contributed by atoms with Crippen LogP contribution >= 0.6 is 0 Å². The van der Waals surface area contributed by atoms with Gasteiger partial charge in [-0.25, -0.2) is 0 Å². The van der Waals surface area contributed by atoms with Gasteiger partial charge in [0.05, 0.1) is 0 Å². The van der Waals surface area contributed by atoms with Gasteiger partial charge in [0.2, 0.25) is 0 Å². The molecule has 0 heterocycles. The van der Waals surface area contributed by atoms with E-state index in [-0.39, 0.29) is 5.29 Å². The summed E-state index contributed by atoms with van der Waals surface area (Å²) in [4.78, 5) is 4.21. The summed E-state index contributed by atoms with van der Waals surface area (Å²) >= 11 is 0. The van der Waals surface area contributed by atoms with Crippen molar-refractivity contribution < 1.29 is 13.3 Å². The predicted octanol–water partition coefficient (Wildman–Crippen LogP) is 0.633. The zero-order valence-electron chi connectivity index (χ0n) is 11.8. The van der Waals surface area contributed by atoms with Gasteiger partial charge >= 0.3 is 8.80 Å². The third-order valence-electron chi connectivity index (χ3n) is 3.27. The van der Waals surface area contributed by atoms with Gasteiger partial charge in [-0.15, -0.1) is 0 Å². The third kappa shape index (κ3) is 2.18. The first-order chi connectivity index (χ1) is 7.38. The molecule has 0 aliphatic rings. The Kier molecular flexibility index (Phi) is 6.09. The molecule has 0 fully saturated rings. The summed E-state index contributed by atoms with van der Waals surface area (Å²) in [6.45, 7) is 2.11. The van der Waals surface area contributed by atoms with E-state index in [4.69, 9.17) is 13.3 Å². The molecule has 0 saturated heterocycles. The fourth-order valence-corrected chi connectivity index (χ4v) is 5.55. The maximum absolute atomic E-state index is 5.63. The second kappa shape index (κ2) is 6.09. The average molecular weight is 250 g/mol. The zero-order chi connectivity index (χ0) is 13.0. The zero-order valence-corrected chi connectivity index (χ0v) is 12.8. The summed E-state index contributed by atoms with van der Waals surface area (Å²) in [5.74, 6) is 0. The van der Waals surface area contributed by atoms with Crippen LogP contribution in [0.4, 0.5) is 0 Å². The van der Waals surface area contributed by atoms with Crippen LogP contribution in [-0.4, -0.2) is 73.4 Å². The van der Waals surface area contributed by atoms with E-state index < -0.39 is 8.80 Å². The summed E-state index contributed by atoms with van der Waals surface area (Å²) in [6, 6.07) is 0. The van der Waals surface area contributed by atoms with Crippen LogP contribution in [0.2, 0.25) is 0 Å². The topological polar surface area (TPSA) is 34.2 Å². The van der Waals surface area contributed by atoms with E-state index >= 15 is 0 Å². The molecule has 0 spiro atoms. The van der Waals surface area contributed by atoms with E-state index in [0.29, 0.717) is 0 Å². The van der Waals surface area contributed by atoms with Crippen molar-refractivity contribution in [1.82, 2.24) is 9.80 Å². The van der Waals surface area contributed by atoms with Crippen molar-refractivity contribution in [3.63, 3.8) is 0 Å². The molecule has 0 aromatic rings. The van der Waals surface area contributed by atoms with Crippen LogP contribution in [0.15, 0.2) is 0 Å². The smallest absolute Gasteiger partial charge is 0.375 e. The van der Waals surface area contributed by atoms with Crippen LogP contribution in [-0.2, 0) is 13.3 Å². The normalized spacial score (nSPS) is 13.9. The molecule has 6 heteroatoms. The average Bonchev–Trinajstić information content (AvgIpc) is 2.25. The highest BCUT2D eigenvalue weighted by Gasteiger charge is 2.62. The summed E-state index contributed by atoms with van der Waals surface area (Å²) in [5.41, 5.74) is 0. The van der Waals surface area contributed by atoms with E-state index in [1.165, 1.54) is 0 Å². The van der Waals surface area contributed by atoms with Gasteiger partial charge in [0.15, 0.2) is 0 Å². The molecule has 0 aliphatic carbocycles. The largest absolute Gasteiger partial charge is 0.537 e. The Morgan fingerprint density at radius 2 is 1.19 bits per heavy atom. The lowest BCUT2D eigenvalue weighted by molar-refractivity contribution is -0.0280. The minimum absolute atomic E-state index is 0.356. The minimum atomic E-state index is -2.77. The lowest BCUT2D eigenvalue weighted by atomic mass is 10.3. The Balaban J connectivity index is 5.60. The van der Waals surface area contributed by atoms with E-state index in [1.807, 2.05) is 28.2 Å². The van der Waals surface area contributed by atoms with Crippen LogP contribution in [0.5, 0.6) is 0 Å². The van der Waals surface area contributed by atoms with Crippen molar-refractivity contribution >= 4 is 8.80 Å². The fraction of sp³-hybridized carbons (Fsp3) is 1.00. The Labute approximate surface area is 101 Å². The fourth-order valence-electron chi connectivity index (χ4n) is 2.54. The molecule has 5 nitrogen and oxygen atoms in total. The molecular weight excluding hydrogens is 224 g/mol. The highest BCUT2D eigenvalue weighted by atomic mass is 28.4. The Morgan fingerprint density at radius 3 is 1.25 bits per heavy atom. The molecule has 0 aromatic carbocycles. The third-order valence-corrected chi connectivity index (χ3v) is 7.11. The Hall–Kier alpha value is 0.0169. The molecule has 0 radical (unpaired) electrons. The Morgan fingerprint density at radius 1 is 0.875 bits per heavy atom. The standard InChI is InChI=1S/C10H26N2O3Si/c1-9-10(11(2)3,12(4)5)16(13-6,14-7)15-8/h9H2,1-8H3. The number of hydrogen-bond donors (Lipinski definition) is 0. The first kappa shape index (κ1) is 16.0. The summed E-state index contributed by atoms with van der Waals surface area (Å²) in [7, 11) is 10.2. The molecule has 0 rings (SSSR count). The van der Waals surface area contributed by atoms with Crippen LogP contribution in [0.1, 0.15) is 13.3 Å². The summed E-state index contributed by atoms with van der Waals surface area (Å²) in [5, 5.41) is -0.356. The molecular formula is C10H26N2O3Si. The first-order valence-electron chi connectivity index (χ1n) is 5.38. The first-order valence-corrected chi connectivity index (χ1v) is 7.11. The highest BCUT2D eigenvalue weighted by Crippen LogP contribution is 2.32. The second-order valence-corrected chi connectivity index (χ2v) is 7.27. The van der Waals surface area contributed by atoms with Crippen molar-refractivity contribution in [3.8, 4) is 0 Å². The van der Waals surface area contributed by atoms with Gasteiger partial charge in [0, 0.05) is 21.3 Å². The van der Waals surface area contributed by atoms with Gasteiger partial charge in [0.1, 0.15) is 5.29 Å². The number of rotatable bonds is 7. The quantitative estimate of drug-likeness (QED) is 0.489. The number of hydrogen-bond acceptors (Lipinski definition) is 5. The molecule has 0 N–H and O–H groups in total.